The van der Waals surface area contributed by atoms with E-state index >= 15 is 0 Å². The van der Waals surface area contributed by atoms with E-state index in [1.54, 1.807) is 0 Å². The van der Waals surface area contributed by atoms with Crippen molar-refractivity contribution in [3.63, 3.8) is 0 Å². The van der Waals surface area contributed by atoms with Gasteiger partial charge in [-0.3, -0.25) is 9.69 Å². The molecule has 1 atom stereocenters. The van der Waals surface area contributed by atoms with E-state index in [0.717, 1.165) is 63.5 Å². The molecular formula is C22H31N5O. The van der Waals surface area contributed by atoms with Crippen molar-refractivity contribution < 1.29 is 4.79 Å². The van der Waals surface area contributed by atoms with Crippen LogP contribution >= 0.6 is 0 Å². The van der Waals surface area contributed by atoms with E-state index < -0.39 is 0 Å². The summed E-state index contributed by atoms with van der Waals surface area (Å²) in [5.41, 5.74) is 1.35. The maximum absolute atomic E-state index is 12.8. The number of aryl methyl sites for hydroxylation is 1. The molecule has 28 heavy (non-hydrogen) atoms. The molecule has 0 radical (unpaired) electrons. The Balaban J connectivity index is 1.27. The van der Waals surface area contributed by atoms with Crippen LogP contribution in [0.1, 0.15) is 56.2 Å². The monoisotopic (exact) mass is 381 g/mol. The highest BCUT2D eigenvalue weighted by atomic mass is 16.2. The number of hydrogen-bond acceptors (Lipinski definition) is 4. The highest BCUT2D eigenvalue weighted by Gasteiger charge is 2.29. The molecular weight excluding hydrogens is 350 g/mol. The van der Waals surface area contributed by atoms with E-state index in [0.29, 0.717) is 5.92 Å². The zero-order valence-electron chi connectivity index (χ0n) is 17.0. The normalized spacial score (nSPS) is 20.9. The molecule has 0 saturated carbocycles. The lowest BCUT2D eigenvalue weighted by molar-refractivity contribution is -0.127. The number of hydrogen-bond donors (Lipinski definition) is 1. The summed E-state index contributed by atoms with van der Waals surface area (Å²) in [5.74, 6) is 2.81. The molecule has 0 spiro atoms. The van der Waals surface area contributed by atoms with Crippen molar-refractivity contribution in [2.75, 3.05) is 13.1 Å². The Morgan fingerprint density at radius 3 is 2.61 bits per heavy atom. The number of benzene rings is 1. The standard InChI is InChI=1S/C22H31N5O/c1-16(2)21-25-24-20-9-8-19(15-27(20)21)23-22(28)18-10-12-26(13-11-18)14-17-6-4-3-5-7-17/h3-7,16,18-19H,8-15H2,1-2H3,(H,23,28)/t19-/m1/s1. The summed E-state index contributed by atoms with van der Waals surface area (Å²) in [6.07, 6.45) is 3.73. The number of carbonyl (C=O) groups excluding carboxylic acids is 1. The molecule has 0 bridgehead atoms. The highest BCUT2D eigenvalue weighted by Crippen LogP contribution is 2.22. The van der Waals surface area contributed by atoms with Gasteiger partial charge in [0.05, 0.1) is 0 Å². The summed E-state index contributed by atoms with van der Waals surface area (Å²) in [7, 11) is 0. The van der Waals surface area contributed by atoms with Crippen molar-refractivity contribution >= 4 is 5.91 Å². The van der Waals surface area contributed by atoms with Gasteiger partial charge in [-0.25, -0.2) is 0 Å². The Bertz CT molecular complexity index is 793. The van der Waals surface area contributed by atoms with Crippen LogP contribution in [-0.4, -0.2) is 44.7 Å². The largest absolute Gasteiger partial charge is 0.351 e. The van der Waals surface area contributed by atoms with Gasteiger partial charge in [0.15, 0.2) is 0 Å². The van der Waals surface area contributed by atoms with E-state index in [1.807, 2.05) is 0 Å². The third kappa shape index (κ3) is 4.27. The summed E-state index contributed by atoms with van der Waals surface area (Å²) in [5, 5.41) is 12.0. The number of carbonyl (C=O) groups is 1. The number of likely N-dealkylation sites (tertiary alicyclic amines) is 1. The van der Waals surface area contributed by atoms with Crippen LogP contribution in [0.5, 0.6) is 0 Å². The van der Waals surface area contributed by atoms with Crippen LogP contribution in [0.4, 0.5) is 0 Å². The van der Waals surface area contributed by atoms with Crippen LogP contribution in [0.2, 0.25) is 0 Å². The van der Waals surface area contributed by atoms with Crippen molar-refractivity contribution in [1.29, 1.82) is 0 Å². The summed E-state index contributed by atoms with van der Waals surface area (Å²) in [6.45, 7) is 8.04. The molecule has 1 amide bonds. The van der Waals surface area contributed by atoms with Crippen LogP contribution in [0.25, 0.3) is 0 Å². The van der Waals surface area contributed by atoms with Gasteiger partial charge >= 0.3 is 0 Å². The van der Waals surface area contributed by atoms with Crippen molar-refractivity contribution in [3.05, 3.63) is 47.5 Å². The first-order valence-corrected chi connectivity index (χ1v) is 10.6. The van der Waals surface area contributed by atoms with Gasteiger partial charge in [-0.05, 0) is 37.9 Å². The summed E-state index contributed by atoms with van der Waals surface area (Å²) < 4.78 is 2.21. The average molecular weight is 382 g/mol. The zero-order chi connectivity index (χ0) is 19.5. The minimum atomic E-state index is 0.138. The minimum absolute atomic E-state index is 0.138. The van der Waals surface area contributed by atoms with E-state index in [-0.39, 0.29) is 17.9 Å². The van der Waals surface area contributed by atoms with Crippen LogP contribution in [0.3, 0.4) is 0 Å². The number of nitrogens with one attached hydrogen (secondary N) is 1. The van der Waals surface area contributed by atoms with Crippen molar-refractivity contribution in [1.82, 2.24) is 25.0 Å². The molecule has 1 saturated heterocycles. The number of piperidine rings is 1. The van der Waals surface area contributed by atoms with Crippen LogP contribution < -0.4 is 5.32 Å². The van der Waals surface area contributed by atoms with E-state index in [9.17, 15) is 4.79 Å². The number of fused-ring (bicyclic) bond motifs is 1. The molecule has 6 heteroatoms. The molecule has 0 unspecified atom stereocenters. The lowest BCUT2D eigenvalue weighted by Crippen LogP contribution is -2.46. The van der Waals surface area contributed by atoms with Crippen LogP contribution in [0, 0.1) is 5.92 Å². The molecule has 2 aromatic rings. The summed E-state index contributed by atoms with van der Waals surface area (Å²) in [4.78, 5) is 15.3. The highest BCUT2D eigenvalue weighted by molar-refractivity contribution is 5.79. The fourth-order valence-corrected chi connectivity index (χ4v) is 4.41. The molecule has 1 fully saturated rings. The molecule has 2 aliphatic rings. The first kappa shape index (κ1) is 19.1. The third-order valence-corrected chi connectivity index (χ3v) is 6.05. The Labute approximate surface area is 167 Å². The predicted molar refractivity (Wildman–Crippen MR) is 109 cm³/mol. The number of nitrogens with zero attached hydrogens (tertiary/aromatic N) is 4. The molecule has 2 aliphatic heterocycles. The van der Waals surface area contributed by atoms with Crippen LogP contribution in [0.15, 0.2) is 30.3 Å². The summed E-state index contributed by atoms with van der Waals surface area (Å²) >= 11 is 0. The van der Waals surface area contributed by atoms with Crippen molar-refractivity contribution in [2.24, 2.45) is 5.92 Å². The first-order valence-electron chi connectivity index (χ1n) is 10.6. The SMILES string of the molecule is CC(C)c1nnc2n1C[C@H](NC(=O)C1CCN(Cc3ccccc3)CC1)CC2. The van der Waals surface area contributed by atoms with Crippen molar-refractivity contribution in [3.8, 4) is 0 Å². The average Bonchev–Trinajstić information content (AvgIpc) is 3.13. The van der Waals surface area contributed by atoms with Gasteiger partial charge in [-0.15, -0.1) is 10.2 Å². The Morgan fingerprint density at radius 2 is 1.89 bits per heavy atom. The fourth-order valence-electron chi connectivity index (χ4n) is 4.41. The maximum Gasteiger partial charge on any atom is 0.223 e. The Morgan fingerprint density at radius 1 is 1.14 bits per heavy atom. The van der Waals surface area contributed by atoms with Gasteiger partial charge < -0.3 is 9.88 Å². The molecule has 3 heterocycles. The van der Waals surface area contributed by atoms with E-state index in [1.165, 1.54) is 5.56 Å². The second-order valence-electron chi connectivity index (χ2n) is 8.52. The molecule has 0 aliphatic carbocycles. The second kappa shape index (κ2) is 8.43. The molecule has 1 aromatic carbocycles. The zero-order valence-corrected chi connectivity index (χ0v) is 17.0. The van der Waals surface area contributed by atoms with Crippen molar-refractivity contribution in [2.45, 2.75) is 64.6 Å². The second-order valence-corrected chi connectivity index (χ2v) is 8.52. The van der Waals surface area contributed by atoms with Gasteiger partial charge in [-0.1, -0.05) is 44.2 Å². The third-order valence-electron chi connectivity index (χ3n) is 6.05. The van der Waals surface area contributed by atoms with E-state index in [2.05, 4.69) is 69.2 Å². The van der Waals surface area contributed by atoms with Gasteiger partial charge in [-0.2, -0.15) is 0 Å². The first-order chi connectivity index (χ1) is 13.6. The van der Waals surface area contributed by atoms with Gasteiger partial charge in [0.25, 0.3) is 0 Å². The number of amides is 1. The van der Waals surface area contributed by atoms with E-state index in [4.69, 9.17) is 0 Å². The smallest absolute Gasteiger partial charge is 0.223 e. The minimum Gasteiger partial charge on any atom is -0.351 e. The van der Waals surface area contributed by atoms with Gasteiger partial charge in [0, 0.05) is 37.4 Å². The Hall–Kier alpha value is -2.21. The maximum atomic E-state index is 12.8. The van der Waals surface area contributed by atoms with Crippen LogP contribution in [-0.2, 0) is 24.3 Å². The van der Waals surface area contributed by atoms with Gasteiger partial charge in [0.2, 0.25) is 5.91 Å². The molecule has 1 aromatic heterocycles. The molecule has 4 rings (SSSR count). The number of aromatic nitrogens is 3. The molecule has 1 N–H and O–H groups in total. The fraction of sp³-hybridized carbons (Fsp3) is 0.591. The van der Waals surface area contributed by atoms with Gasteiger partial charge in [0.1, 0.15) is 11.6 Å². The molecule has 6 nitrogen and oxygen atoms in total. The summed E-state index contributed by atoms with van der Waals surface area (Å²) in [6, 6.07) is 10.8. The predicted octanol–water partition coefficient (Wildman–Crippen LogP) is 2.74. The topological polar surface area (TPSA) is 63.1 Å². The number of rotatable bonds is 5. The lowest BCUT2D eigenvalue weighted by Gasteiger charge is -2.33. The lowest BCUT2D eigenvalue weighted by atomic mass is 9.94. The molecule has 150 valence electrons. The Kier molecular flexibility index (Phi) is 5.76. The quantitative estimate of drug-likeness (QED) is 0.865.